The quantitative estimate of drug-likeness (QED) is 0.856. The van der Waals surface area contributed by atoms with Crippen molar-refractivity contribution in [3.8, 4) is 0 Å². The molecule has 2 heterocycles. The smallest absolute Gasteiger partial charge is 0.267 e. The second-order valence-electron chi connectivity index (χ2n) is 6.41. The summed E-state index contributed by atoms with van der Waals surface area (Å²) < 4.78 is 7.19. The Hall–Kier alpha value is -1.82. The SMILES string of the molecule is Cn1cccc1C(=O)NCCN(C(=O)C1CC1)C1CCOCC1. The number of carbonyl (C=O) groups excluding carboxylic acids is 2. The Labute approximate surface area is 136 Å². The average molecular weight is 319 g/mol. The number of carbonyl (C=O) groups is 2. The molecule has 1 aromatic heterocycles. The van der Waals surface area contributed by atoms with Crippen molar-refractivity contribution in [2.24, 2.45) is 13.0 Å². The largest absolute Gasteiger partial charge is 0.381 e. The van der Waals surface area contributed by atoms with Crippen molar-refractivity contribution < 1.29 is 14.3 Å². The number of nitrogens with zero attached hydrogens (tertiary/aromatic N) is 2. The van der Waals surface area contributed by atoms with Gasteiger partial charge in [0.15, 0.2) is 0 Å². The molecular formula is C17H25N3O3. The Morgan fingerprint density at radius 3 is 2.65 bits per heavy atom. The van der Waals surface area contributed by atoms with E-state index in [-0.39, 0.29) is 23.8 Å². The topological polar surface area (TPSA) is 63.6 Å². The van der Waals surface area contributed by atoms with Crippen LogP contribution >= 0.6 is 0 Å². The molecule has 3 rings (SSSR count). The minimum Gasteiger partial charge on any atom is -0.381 e. The molecule has 2 amide bonds. The Kier molecular flexibility index (Phi) is 5.00. The summed E-state index contributed by atoms with van der Waals surface area (Å²) in [5, 5.41) is 2.92. The van der Waals surface area contributed by atoms with E-state index in [2.05, 4.69) is 5.32 Å². The van der Waals surface area contributed by atoms with Crippen molar-refractivity contribution in [1.29, 1.82) is 0 Å². The summed E-state index contributed by atoms with van der Waals surface area (Å²) in [5.74, 6) is 0.370. The van der Waals surface area contributed by atoms with Gasteiger partial charge >= 0.3 is 0 Å². The second-order valence-corrected chi connectivity index (χ2v) is 6.41. The Balaban J connectivity index is 1.54. The number of aryl methyl sites for hydroxylation is 1. The lowest BCUT2D eigenvalue weighted by atomic mass is 10.1. The molecule has 2 aliphatic rings. The first-order chi connectivity index (χ1) is 11.2. The molecule has 1 aromatic rings. The van der Waals surface area contributed by atoms with E-state index in [1.807, 2.05) is 24.2 Å². The molecular weight excluding hydrogens is 294 g/mol. The van der Waals surface area contributed by atoms with Crippen LogP contribution in [0, 0.1) is 5.92 Å². The molecule has 2 fully saturated rings. The Bertz CT molecular complexity index is 559. The molecule has 0 atom stereocenters. The highest BCUT2D eigenvalue weighted by molar-refractivity contribution is 5.92. The summed E-state index contributed by atoms with van der Waals surface area (Å²) in [6.07, 6.45) is 5.65. The normalized spacial score (nSPS) is 18.7. The van der Waals surface area contributed by atoms with Crippen molar-refractivity contribution in [3.63, 3.8) is 0 Å². The molecule has 1 saturated heterocycles. The Morgan fingerprint density at radius 1 is 1.30 bits per heavy atom. The molecule has 1 N–H and O–H groups in total. The molecule has 1 aliphatic carbocycles. The predicted molar refractivity (Wildman–Crippen MR) is 86.0 cm³/mol. The van der Waals surface area contributed by atoms with E-state index in [9.17, 15) is 9.59 Å². The molecule has 0 radical (unpaired) electrons. The third-order valence-electron chi connectivity index (χ3n) is 4.66. The van der Waals surface area contributed by atoms with Crippen LogP contribution < -0.4 is 5.32 Å². The van der Waals surface area contributed by atoms with Crippen LogP contribution in [-0.4, -0.2) is 53.6 Å². The standard InChI is InChI=1S/C17H25N3O3/c1-19-9-2-3-15(19)16(21)18-8-10-20(17(22)13-4-5-13)14-6-11-23-12-7-14/h2-3,9,13-14H,4-8,10-12H2,1H3,(H,18,21). The van der Waals surface area contributed by atoms with E-state index >= 15 is 0 Å². The zero-order chi connectivity index (χ0) is 16.2. The number of ether oxygens (including phenoxy) is 1. The van der Waals surface area contributed by atoms with E-state index in [1.54, 1.807) is 10.6 Å². The Morgan fingerprint density at radius 2 is 2.04 bits per heavy atom. The average Bonchev–Trinajstić information content (AvgIpc) is 3.33. The minimum atomic E-state index is -0.0942. The summed E-state index contributed by atoms with van der Waals surface area (Å²) in [4.78, 5) is 26.7. The molecule has 1 saturated carbocycles. The van der Waals surface area contributed by atoms with Gasteiger partial charge in [-0.15, -0.1) is 0 Å². The van der Waals surface area contributed by atoms with E-state index in [4.69, 9.17) is 4.74 Å². The summed E-state index contributed by atoms with van der Waals surface area (Å²) in [7, 11) is 1.85. The van der Waals surface area contributed by atoms with E-state index in [0.717, 1.165) is 38.9 Å². The van der Waals surface area contributed by atoms with Gasteiger partial charge in [-0.2, -0.15) is 0 Å². The lowest BCUT2D eigenvalue weighted by molar-refractivity contribution is -0.136. The summed E-state index contributed by atoms with van der Waals surface area (Å²) >= 11 is 0. The number of hydrogen-bond acceptors (Lipinski definition) is 3. The van der Waals surface area contributed by atoms with Gasteiger partial charge in [-0.1, -0.05) is 0 Å². The first-order valence-electron chi connectivity index (χ1n) is 8.44. The van der Waals surface area contributed by atoms with Crippen LogP contribution in [0.25, 0.3) is 0 Å². The van der Waals surface area contributed by atoms with Crippen molar-refractivity contribution in [3.05, 3.63) is 24.0 Å². The third-order valence-corrected chi connectivity index (χ3v) is 4.66. The maximum absolute atomic E-state index is 12.5. The van der Waals surface area contributed by atoms with Crippen LogP contribution in [0.4, 0.5) is 0 Å². The van der Waals surface area contributed by atoms with Gasteiger partial charge in [0, 0.05) is 51.5 Å². The molecule has 6 nitrogen and oxygen atoms in total. The van der Waals surface area contributed by atoms with Crippen LogP contribution in [0.15, 0.2) is 18.3 Å². The highest BCUT2D eigenvalue weighted by atomic mass is 16.5. The summed E-state index contributed by atoms with van der Waals surface area (Å²) in [5.41, 5.74) is 0.635. The lowest BCUT2D eigenvalue weighted by Crippen LogP contribution is -2.47. The number of nitrogens with one attached hydrogen (secondary N) is 1. The van der Waals surface area contributed by atoms with Gasteiger partial charge in [0.25, 0.3) is 5.91 Å². The monoisotopic (exact) mass is 319 g/mol. The molecule has 0 aromatic carbocycles. The van der Waals surface area contributed by atoms with Gasteiger partial charge in [-0.05, 0) is 37.8 Å². The highest BCUT2D eigenvalue weighted by Crippen LogP contribution is 2.32. The van der Waals surface area contributed by atoms with E-state index in [0.29, 0.717) is 18.8 Å². The van der Waals surface area contributed by atoms with Crippen LogP contribution in [0.3, 0.4) is 0 Å². The minimum absolute atomic E-state index is 0.0942. The first kappa shape index (κ1) is 16.1. The fourth-order valence-corrected chi connectivity index (χ4v) is 3.11. The molecule has 0 spiro atoms. The van der Waals surface area contributed by atoms with Crippen molar-refractivity contribution >= 4 is 11.8 Å². The van der Waals surface area contributed by atoms with Crippen molar-refractivity contribution in [2.75, 3.05) is 26.3 Å². The van der Waals surface area contributed by atoms with Crippen LogP contribution in [0.5, 0.6) is 0 Å². The van der Waals surface area contributed by atoms with Gasteiger partial charge in [0.05, 0.1) is 0 Å². The fourth-order valence-electron chi connectivity index (χ4n) is 3.11. The number of aromatic nitrogens is 1. The molecule has 0 bridgehead atoms. The predicted octanol–water partition coefficient (Wildman–Crippen LogP) is 1.17. The maximum atomic E-state index is 12.5. The van der Waals surface area contributed by atoms with Crippen LogP contribution in [0.2, 0.25) is 0 Å². The third kappa shape index (κ3) is 3.93. The van der Waals surface area contributed by atoms with E-state index in [1.165, 1.54) is 0 Å². The molecule has 126 valence electrons. The van der Waals surface area contributed by atoms with Crippen molar-refractivity contribution in [1.82, 2.24) is 14.8 Å². The van der Waals surface area contributed by atoms with Crippen LogP contribution in [-0.2, 0) is 16.6 Å². The summed E-state index contributed by atoms with van der Waals surface area (Å²) in [6.45, 7) is 2.50. The summed E-state index contributed by atoms with van der Waals surface area (Å²) in [6, 6.07) is 3.89. The zero-order valence-corrected chi connectivity index (χ0v) is 13.7. The number of rotatable bonds is 6. The number of hydrogen-bond donors (Lipinski definition) is 1. The lowest BCUT2D eigenvalue weighted by Gasteiger charge is -2.34. The van der Waals surface area contributed by atoms with Gasteiger partial charge in [-0.25, -0.2) is 0 Å². The van der Waals surface area contributed by atoms with Gasteiger partial charge in [-0.3, -0.25) is 9.59 Å². The van der Waals surface area contributed by atoms with Gasteiger partial charge in [0.1, 0.15) is 5.69 Å². The molecule has 1 aliphatic heterocycles. The maximum Gasteiger partial charge on any atom is 0.267 e. The zero-order valence-electron chi connectivity index (χ0n) is 13.7. The molecule has 6 heteroatoms. The highest BCUT2D eigenvalue weighted by Gasteiger charge is 2.36. The molecule has 0 unspecified atom stereocenters. The van der Waals surface area contributed by atoms with Gasteiger partial charge < -0.3 is 19.5 Å². The van der Waals surface area contributed by atoms with Crippen molar-refractivity contribution in [2.45, 2.75) is 31.7 Å². The van der Waals surface area contributed by atoms with E-state index < -0.39 is 0 Å². The fraction of sp³-hybridized carbons (Fsp3) is 0.647. The number of amides is 2. The molecule has 23 heavy (non-hydrogen) atoms. The van der Waals surface area contributed by atoms with Crippen LogP contribution in [0.1, 0.15) is 36.2 Å². The second kappa shape index (κ2) is 7.17. The first-order valence-corrected chi connectivity index (χ1v) is 8.44. The van der Waals surface area contributed by atoms with Gasteiger partial charge in [0.2, 0.25) is 5.91 Å².